The molecule has 2 aromatic carbocycles. The lowest BCUT2D eigenvalue weighted by Gasteiger charge is -2.22. The van der Waals surface area contributed by atoms with E-state index in [2.05, 4.69) is 22.4 Å². The zero-order valence-electron chi connectivity index (χ0n) is 13.5. The standard InChI is InChI=1S/C18H19N5O/c1-2-12-22(13-15-6-4-3-5-7-15)18(24)16-8-10-17(11-9-16)23-14-19-20-21-23/h3-11,14H,2,12-13H2,1H3. The summed E-state index contributed by atoms with van der Waals surface area (Å²) in [6.45, 7) is 3.41. The zero-order chi connectivity index (χ0) is 16.8. The molecule has 0 saturated carbocycles. The molecular weight excluding hydrogens is 302 g/mol. The van der Waals surface area contributed by atoms with E-state index < -0.39 is 0 Å². The van der Waals surface area contributed by atoms with Gasteiger partial charge in [0, 0.05) is 18.7 Å². The van der Waals surface area contributed by atoms with Gasteiger partial charge >= 0.3 is 0 Å². The van der Waals surface area contributed by atoms with Crippen molar-refractivity contribution in [3.05, 3.63) is 72.1 Å². The van der Waals surface area contributed by atoms with Gasteiger partial charge in [0.05, 0.1) is 5.69 Å². The lowest BCUT2D eigenvalue weighted by Crippen LogP contribution is -2.31. The van der Waals surface area contributed by atoms with Crippen molar-refractivity contribution in [3.63, 3.8) is 0 Å². The Labute approximate surface area is 140 Å². The maximum atomic E-state index is 12.8. The average Bonchev–Trinajstić information content (AvgIpc) is 3.16. The van der Waals surface area contributed by atoms with E-state index >= 15 is 0 Å². The number of hydrogen-bond acceptors (Lipinski definition) is 4. The van der Waals surface area contributed by atoms with E-state index in [-0.39, 0.29) is 5.91 Å². The molecule has 0 saturated heterocycles. The molecule has 0 bridgehead atoms. The number of nitrogens with zero attached hydrogens (tertiary/aromatic N) is 5. The average molecular weight is 321 g/mol. The first-order valence-electron chi connectivity index (χ1n) is 7.94. The number of benzene rings is 2. The predicted molar refractivity (Wildman–Crippen MR) is 90.6 cm³/mol. The van der Waals surface area contributed by atoms with Crippen molar-refractivity contribution in [2.24, 2.45) is 0 Å². The van der Waals surface area contributed by atoms with Crippen LogP contribution in [0.1, 0.15) is 29.3 Å². The third-order valence-corrected chi connectivity index (χ3v) is 3.72. The number of tetrazole rings is 1. The maximum Gasteiger partial charge on any atom is 0.254 e. The largest absolute Gasteiger partial charge is 0.334 e. The van der Waals surface area contributed by atoms with E-state index in [9.17, 15) is 4.79 Å². The SMILES string of the molecule is CCCN(Cc1ccccc1)C(=O)c1ccc(-n2cnnn2)cc1. The molecule has 6 heteroatoms. The van der Waals surface area contributed by atoms with Gasteiger partial charge in [-0.1, -0.05) is 37.3 Å². The second-order valence-electron chi connectivity index (χ2n) is 5.51. The molecule has 6 nitrogen and oxygen atoms in total. The van der Waals surface area contributed by atoms with Crippen LogP contribution in [0.3, 0.4) is 0 Å². The molecule has 0 aliphatic heterocycles. The molecule has 0 aliphatic carbocycles. The predicted octanol–water partition coefficient (Wildman–Crippen LogP) is 2.71. The van der Waals surface area contributed by atoms with Crippen molar-refractivity contribution in [3.8, 4) is 5.69 Å². The molecule has 0 N–H and O–H groups in total. The molecule has 0 radical (unpaired) electrons. The zero-order valence-corrected chi connectivity index (χ0v) is 13.5. The summed E-state index contributed by atoms with van der Waals surface area (Å²) < 4.78 is 1.56. The highest BCUT2D eigenvalue weighted by atomic mass is 16.2. The summed E-state index contributed by atoms with van der Waals surface area (Å²) in [5.74, 6) is 0.0315. The van der Waals surface area contributed by atoms with E-state index in [1.165, 1.54) is 6.33 Å². The Morgan fingerprint density at radius 1 is 1.08 bits per heavy atom. The highest BCUT2D eigenvalue weighted by Crippen LogP contribution is 2.13. The summed E-state index contributed by atoms with van der Waals surface area (Å²) in [6, 6.07) is 17.4. The molecular formula is C18H19N5O. The van der Waals surface area contributed by atoms with Crippen molar-refractivity contribution in [2.45, 2.75) is 19.9 Å². The van der Waals surface area contributed by atoms with Gasteiger partial charge < -0.3 is 4.90 Å². The number of carbonyl (C=O) groups excluding carboxylic acids is 1. The van der Waals surface area contributed by atoms with Crippen LogP contribution in [0.25, 0.3) is 5.69 Å². The van der Waals surface area contributed by atoms with Crippen molar-refractivity contribution < 1.29 is 4.79 Å². The molecule has 1 aromatic heterocycles. The van der Waals surface area contributed by atoms with Gasteiger partial charge in [0.2, 0.25) is 0 Å². The number of carbonyl (C=O) groups is 1. The van der Waals surface area contributed by atoms with Crippen molar-refractivity contribution in [2.75, 3.05) is 6.54 Å². The fourth-order valence-electron chi connectivity index (χ4n) is 2.55. The van der Waals surface area contributed by atoms with E-state index in [4.69, 9.17) is 0 Å². The normalized spacial score (nSPS) is 10.5. The van der Waals surface area contributed by atoms with Crippen LogP contribution < -0.4 is 0 Å². The molecule has 122 valence electrons. The second-order valence-corrected chi connectivity index (χ2v) is 5.51. The first kappa shape index (κ1) is 15.9. The highest BCUT2D eigenvalue weighted by molar-refractivity contribution is 5.94. The summed E-state index contributed by atoms with van der Waals surface area (Å²) in [4.78, 5) is 14.7. The van der Waals surface area contributed by atoms with E-state index in [1.807, 2.05) is 59.5 Å². The summed E-state index contributed by atoms with van der Waals surface area (Å²) >= 11 is 0. The van der Waals surface area contributed by atoms with E-state index in [0.717, 1.165) is 24.2 Å². The third-order valence-electron chi connectivity index (χ3n) is 3.72. The Morgan fingerprint density at radius 2 is 1.83 bits per heavy atom. The second kappa shape index (κ2) is 7.50. The first-order valence-corrected chi connectivity index (χ1v) is 7.94. The number of aromatic nitrogens is 4. The lowest BCUT2D eigenvalue weighted by atomic mass is 10.1. The smallest absolute Gasteiger partial charge is 0.254 e. The van der Waals surface area contributed by atoms with Crippen molar-refractivity contribution in [1.82, 2.24) is 25.1 Å². The van der Waals surface area contributed by atoms with Crippen LogP contribution in [-0.2, 0) is 6.54 Å². The molecule has 0 aliphatic rings. The topological polar surface area (TPSA) is 63.9 Å². The molecule has 3 rings (SSSR count). The van der Waals surface area contributed by atoms with Crippen LogP contribution in [0, 0.1) is 0 Å². The van der Waals surface area contributed by atoms with Gasteiger partial charge in [-0.05, 0) is 46.7 Å². The van der Waals surface area contributed by atoms with Gasteiger partial charge in [-0.2, -0.15) is 0 Å². The van der Waals surface area contributed by atoms with Crippen LogP contribution in [0.5, 0.6) is 0 Å². The molecule has 24 heavy (non-hydrogen) atoms. The van der Waals surface area contributed by atoms with Gasteiger partial charge in [-0.3, -0.25) is 4.79 Å². The minimum absolute atomic E-state index is 0.0315. The van der Waals surface area contributed by atoms with E-state index in [1.54, 1.807) is 4.68 Å². The third kappa shape index (κ3) is 3.65. The first-order chi connectivity index (χ1) is 11.8. The summed E-state index contributed by atoms with van der Waals surface area (Å²) in [5.41, 5.74) is 2.61. The van der Waals surface area contributed by atoms with Crippen LogP contribution in [-0.4, -0.2) is 37.6 Å². The fourth-order valence-corrected chi connectivity index (χ4v) is 2.55. The molecule has 0 atom stereocenters. The van der Waals surface area contributed by atoms with Crippen LogP contribution in [0.2, 0.25) is 0 Å². The summed E-state index contributed by atoms with van der Waals surface area (Å²) in [7, 11) is 0. The lowest BCUT2D eigenvalue weighted by molar-refractivity contribution is 0.0743. The monoisotopic (exact) mass is 321 g/mol. The fraction of sp³-hybridized carbons (Fsp3) is 0.222. The van der Waals surface area contributed by atoms with Crippen molar-refractivity contribution >= 4 is 5.91 Å². The van der Waals surface area contributed by atoms with Crippen molar-refractivity contribution in [1.29, 1.82) is 0 Å². The Morgan fingerprint density at radius 3 is 2.46 bits per heavy atom. The minimum atomic E-state index is 0.0315. The Bertz CT molecular complexity index is 769. The van der Waals surface area contributed by atoms with Gasteiger partial charge in [-0.25, -0.2) is 4.68 Å². The molecule has 0 fully saturated rings. The van der Waals surface area contributed by atoms with Crippen LogP contribution >= 0.6 is 0 Å². The van der Waals surface area contributed by atoms with Gasteiger partial charge in [0.25, 0.3) is 5.91 Å². The number of rotatable bonds is 6. The van der Waals surface area contributed by atoms with Crippen LogP contribution in [0.4, 0.5) is 0 Å². The highest BCUT2D eigenvalue weighted by Gasteiger charge is 2.15. The molecule has 1 amide bonds. The Hall–Kier alpha value is -3.02. The molecule has 0 unspecified atom stereocenters. The minimum Gasteiger partial charge on any atom is -0.334 e. The number of amides is 1. The number of hydrogen-bond donors (Lipinski definition) is 0. The summed E-state index contributed by atoms with van der Waals surface area (Å²) in [6.07, 6.45) is 2.44. The van der Waals surface area contributed by atoms with Gasteiger partial charge in [0.15, 0.2) is 0 Å². The van der Waals surface area contributed by atoms with E-state index in [0.29, 0.717) is 12.1 Å². The van der Waals surface area contributed by atoms with Crippen LogP contribution in [0.15, 0.2) is 60.9 Å². The summed E-state index contributed by atoms with van der Waals surface area (Å²) in [5, 5.41) is 11.1. The maximum absolute atomic E-state index is 12.8. The molecule has 1 heterocycles. The Balaban J connectivity index is 1.77. The molecule has 0 spiro atoms. The molecule has 3 aromatic rings. The van der Waals surface area contributed by atoms with Gasteiger partial charge in [-0.15, -0.1) is 5.10 Å². The van der Waals surface area contributed by atoms with Gasteiger partial charge in [0.1, 0.15) is 6.33 Å². The quantitative estimate of drug-likeness (QED) is 0.700. The Kier molecular flexibility index (Phi) is 4.96.